The Balaban J connectivity index is 0.00000167. The van der Waals surface area contributed by atoms with E-state index in [0.717, 1.165) is 31.7 Å². The molecule has 0 N–H and O–H groups in total. The number of halogens is 3. The average Bonchev–Trinajstić information content (AvgIpc) is 3.18. The van der Waals surface area contributed by atoms with Crippen LogP contribution in [0.3, 0.4) is 0 Å². The summed E-state index contributed by atoms with van der Waals surface area (Å²) in [7, 11) is 0. The van der Waals surface area contributed by atoms with Gasteiger partial charge >= 0.3 is 6.18 Å². The van der Waals surface area contributed by atoms with Crippen LogP contribution in [-0.4, -0.2) is 37.1 Å². The lowest BCUT2D eigenvalue weighted by Gasteiger charge is -2.35. The highest BCUT2D eigenvalue weighted by molar-refractivity contribution is 5.95. The number of piperidine rings is 1. The summed E-state index contributed by atoms with van der Waals surface area (Å²) in [5, 5.41) is 5.45. The third-order valence-electron chi connectivity index (χ3n) is 6.85. The number of ether oxygens (including phenoxy) is 1. The van der Waals surface area contributed by atoms with Crippen LogP contribution >= 0.6 is 0 Å². The van der Waals surface area contributed by atoms with Crippen LogP contribution in [-0.2, 0) is 0 Å². The second-order valence-electron chi connectivity index (χ2n) is 9.13. The number of benzene rings is 2. The summed E-state index contributed by atoms with van der Waals surface area (Å²) >= 11 is 0. The van der Waals surface area contributed by atoms with Crippen LogP contribution < -0.4 is 14.6 Å². The van der Waals surface area contributed by atoms with Crippen molar-refractivity contribution in [2.24, 2.45) is 11.0 Å². The van der Waals surface area contributed by atoms with Gasteiger partial charge in [0.25, 0.3) is 0 Å². The molecule has 4 rings (SSSR count). The highest BCUT2D eigenvalue weighted by Gasteiger charge is 2.47. The number of hydrazone groups is 1. The fourth-order valence-electron chi connectivity index (χ4n) is 5.14. The maximum Gasteiger partial charge on any atom is 0.431 e. The van der Waals surface area contributed by atoms with Crippen LogP contribution in [0.25, 0.3) is 0 Å². The quantitative estimate of drug-likeness (QED) is 0.434. The molecule has 1 unspecified atom stereocenters. The van der Waals surface area contributed by atoms with Gasteiger partial charge in [-0.1, -0.05) is 45.9 Å². The van der Waals surface area contributed by atoms with E-state index in [9.17, 15) is 13.2 Å². The molecule has 7 heteroatoms. The van der Waals surface area contributed by atoms with Gasteiger partial charge in [0.1, 0.15) is 17.6 Å². The zero-order chi connectivity index (χ0) is 25.8. The van der Waals surface area contributed by atoms with Gasteiger partial charge in [0, 0.05) is 37.5 Å². The molecule has 0 aromatic heterocycles. The van der Waals surface area contributed by atoms with E-state index in [1.807, 2.05) is 32.9 Å². The zero-order valence-electron chi connectivity index (χ0n) is 21.7. The second kappa shape index (κ2) is 11.4. The van der Waals surface area contributed by atoms with Crippen molar-refractivity contribution in [3.63, 3.8) is 0 Å². The van der Waals surface area contributed by atoms with Gasteiger partial charge in [0.15, 0.2) is 0 Å². The molecule has 192 valence electrons. The molecule has 2 aliphatic heterocycles. The molecule has 35 heavy (non-hydrogen) atoms. The van der Waals surface area contributed by atoms with Crippen molar-refractivity contribution in [3.8, 4) is 5.75 Å². The van der Waals surface area contributed by atoms with Crippen molar-refractivity contribution in [1.82, 2.24) is 0 Å². The number of aryl methyl sites for hydroxylation is 2. The Kier molecular flexibility index (Phi) is 8.73. The summed E-state index contributed by atoms with van der Waals surface area (Å²) in [5.74, 6) is 0.0811. The summed E-state index contributed by atoms with van der Waals surface area (Å²) in [6.45, 7) is 13.7. The minimum absolute atomic E-state index is 0.126. The van der Waals surface area contributed by atoms with Crippen LogP contribution in [0.2, 0.25) is 0 Å². The highest BCUT2D eigenvalue weighted by Crippen LogP contribution is 2.37. The van der Waals surface area contributed by atoms with Gasteiger partial charge in [0.2, 0.25) is 0 Å². The Labute approximate surface area is 207 Å². The predicted octanol–water partition coefficient (Wildman–Crippen LogP) is 7.53. The average molecular weight is 490 g/mol. The van der Waals surface area contributed by atoms with Crippen molar-refractivity contribution in [3.05, 3.63) is 53.6 Å². The Hall–Kier alpha value is -2.70. The first-order chi connectivity index (χ1) is 16.7. The monoisotopic (exact) mass is 489 g/mol. The molecule has 0 amide bonds. The van der Waals surface area contributed by atoms with E-state index in [1.54, 1.807) is 19.1 Å². The second-order valence-corrected chi connectivity index (χ2v) is 9.13. The van der Waals surface area contributed by atoms with Crippen molar-refractivity contribution >= 4 is 17.1 Å². The van der Waals surface area contributed by atoms with Gasteiger partial charge in [-0.3, -0.25) is 5.01 Å². The molecule has 2 aliphatic rings. The zero-order valence-corrected chi connectivity index (χ0v) is 21.7. The summed E-state index contributed by atoms with van der Waals surface area (Å²) in [6, 6.07) is 13.4. The van der Waals surface area contributed by atoms with E-state index in [4.69, 9.17) is 4.74 Å². The minimum atomic E-state index is -4.41. The highest BCUT2D eigenvalue weighted by atomic mass is 19.4. The van der Waals surface area contributed by atoms with Gasteiger partial charge in [-0.05, 0) is 55.7 Å². The molecular weight excluding hydrogens is 451 g/mol. The normalized spacial score (nSPS) is 20.9. The number of alkyl halides is 3. The van der Waals surface area contributed by atoms with Gasteiger partial charge in [-0.15, -0.1) is 0 Å². The number of rotatable bonds is 5. The SMILES string of the molecule is CC.CC[C@H]1C(C)C(C(F)(F)F)=NN1c1ccc(OC2CCN(c3c(C)cccc3C)CC2)cc1. The van der Waals surface area contributed by atoms with Crippen molar-refractivity contribution in [2.45, 2.75) is 79.1 Å². The molecule has 2 aromatic carbocycles. The molecule has 0 aliphatic carbocycles. The predicted molar refractivity (Wildman–Crippen MR) is 139 cm³/mol. The van der Waals surface area contributed by atoms with Crippen LogP contribution in [0.5, 0.6) is 5.75 Å². The summed E-state index contributed by atoms with van der Waals surface area (Å²) in [6.07, 6.45) is -1.84. The van der Waals surface area contributed by atoms with Gasteiger partial charge in [-0.25, -0.2) is 0 Å². The Bertz CT molecular complexity index is 975. The van der Waals surface area contributed by atoms with E-state index in [1.165, 1.54) is 21.8 Å². The lowest BCUT2D eigenvalue weighted by molar-refractivity contribution is -0.0620. The van der Waals surface area contributed by atoms with Crippen LogP contribution in [0.4, 0.5) is 24.5 Å². The molecule has 0 bridgehead atoms. The molecule has 1 fully saturated rings. The van der Waals surface area contributed by atoms with Crippen molar-refractivity contribution in [1.29, 1.82) is 0 Å². The molecule has 0 spiro atoms. The first-order valence-electron chi connectivity index (χ1n) is 12.7. The Morgan fingerprint density at radius 1 is 0.971 bits per heavy atom. The van der Waals surface area contributed by atoms with Crippen LogP contribution in [0.15, 0.2) is 47.6 Å². The van der Waals surface area contributed by atoms with Crippen molar-refractivity contribution < 1.29 is 17.9 Å². The van der Waals surface area contributed by atoms with Gasteiger partial charge in [0.05, 0.1) is 11.7 Å². The third-order valence-corrected chi connectivity index (χ3v) is 6.85. The molecular formula is C28H38F3N3O. The Morgan fingerprint density at radius 2 is 1.54 bits per heavy atom. The van der Waals surface area contributed by atoms with E-state index < -0.39 is 17.8 Å². The molecule has 4 nitrogen and oxygen atoms in total. The topological polar surface area (TPSA) is 28.1 Å². The van der Waals surface area contributed by atoms with E-state index in [0.29, 0.717) is 12.1 Å². The first-order valence-corrected chi connectivity index (χ1v) is 12.7. The molecule has 0 saturated carbocycles. The fraction of sp³-hybridized carbons (Fsp3) is 0.536. The number of hydrogen-bond donors (Lipinski definition) is 0. The van der Waals surface area contributed by atoms with Crippen LogP contribution in [0, 0.1) is 19.8 Å². The summed E-state index contributed by atoms with van der Waals surface area (Å²) in [4.78, 5) is 2.43. The third kappa shape index (κ3) is 5.93. The molecule has 2 atom stereocenters. The number of nitrogens with zero attached hydrogens (tertiary/aromatic N) is 3. The van der Waals surface area contributed by atoms with Gasteiger partial charge < -0.3 is 9.64 Å². The molecule has 1 saturated heterocycles. The summed E-state index contributed by atoms with van der Waals surface area (Å²) < 4.78 is 46.2. The van der Waals surface area contributed by atoms with Crippen molar-refractivity contribution in [2.75, 3.05) is 23.0 Å². The largest absolute Gasteiger partial charge is 0.490 e. The maximum atomic E-state index is 13.3. The molecule has 2 heterocycles. The number of para-hydroxylation sites is 1. The summed E-state index contributed by atoms with van der Waals surface area (Å²) in [5.41, 5.74) is 3.87. The molecule has 0 radical (unpaired) electrons. The van der Waals surface area contributed by atoms with Gasteiger partial charge in [-0.2, -0.15) is 18.3 Å². The van der Waals surface area contributed by atoms with Crippen LogP contribution in [0.1, 0.15) is 58.1 Å². The minimum Gasteiger partial charge on any atom is -0.490 e. The standard InChI is InChI=1S/C26H32F3N3O.C2H6/c1-5-23-19(4)25(26(27,28)29)30-32(23)20-9-11-21(12-10-20)33-22-13-15-31(16-14-22)24-17(2)7-6-8-18(24)3;1-2/h6-12,19,22-23H,5,13-16H2,1-4H3;1-2H3/t19?,23-;/m0./s1. The fourth-order valence-corrected chi connectivity index (χ4v) is 5.14. The number of hydrogen-bond acceptors (Lipinski definition) is 4. The van der Waals surface area contributed by atoms with E-state index in [-0.39, 0.29) is 12.1 Å². The molecule has 2 aromatic rings. The first kappa shape index (κ1) is 26.9. The Morgan fingerprint density at radius 3 is 2.06 bits per heavy atom. The van der Waals surface area contributed by atoms with E-state index >= 15 is 0 Å². The lowest BCUT2D eigenvalue weighted by Crippen LogP contribution is -2.39. The lowest BCUT2D eigenvalue weighted by atomic mass is 9.95. The smallest absolute Gasteiger partial charge is 0.431 e. The maximum absolute atomic E-state index is 13.3. The number of anilines is 2. The van der Waals surface area contributed by atoms with E-state index in [2.05, 4.69) is 42.0 Å².